The van der Waals surface area contributed by atoms with E-state index in [1.807, 2.05) is 4.90 Å². The Labute approximate surface area is 173 Å². The van der Waals surface area contributed by atoms with E-state index in [1.54, 1.807) is 18.3 Å². The van der Waals surface area contributed by atoms with Crippen LogP contribution in [0, 0.1) is 11.7 Å². The topological polar surface area (TPSA) is 62.7 Å². The van der Waals surface area contributed by atoms with E-state index >= 15 is 0 Å². The van der Waals surface area contributed by atoms with Crippen LogP contribution in [-0.4, -0.2) is 53.1 Å². The third kappa shape index (κ3) is 5.72. The number of hydrogen-bond donors (Lipinski definition) is 1. The normalized spacial score (nSPS) is 15.9. The van der Waals surface area contributed by atoms with Crippen molar-refractivity contribution in [1.82, 2.24) is 9.88 Å². The number of carbonyl (C=O) groups is 1. The molecule has 0 unspecified atom stereocenters. The maximum absolute atomic E-state index is 13.9. The number of ether oxygens (including phenoxy) is 1. The number of carboxylic acids is 1. The van der Waals surface area contributed by atoms with Crippen molar-refractivity contribution >= 4 is 5.97 Å². The molecule has 2 aromatic rings. The van der Waals surface area contributed by atoms with Crippen LogP contribution in [-0.2, 0) is 0 Å². The number of benzene rings is 1. The van der Waals surface area contributed by atoms with Gasteiger partial charge in [-0.1, -0.05) is 13.0 Å². The van der Waals surface area contributed by atoms with E-state index in [4.69, 9.17) is 9.84 Å². The number of pyridine rings is 1. The molecule has 0 bridgehead atoms. The summed E-state index contributed by atoms with van der Waals surface area (Å²) in [5.41, 5.74) is 0.785. The average molecular weight is 422 g/mol. The first-order chi connectivity index (χ1) is 14.3. The highest BCUT2D eigenvalue weighted by Gasteiger charge is 2.31. The zero-order valence-corrected chi connectivity index (χ0v) is 16.8. The maximum atomic E-state index is 13.9. The predicted molar refractivity (Wildman–Crippen MR) is 106 cm³/mol. The molecule has 0 amide bonds. The number of piperidine rings is 1. The zero-order valence-electron chi connectivity index (χ0n) is 16.8. The van der Waals surface area contributed by atoms with Crippen LogP contribution in [0.3, 0.4) is 0 Å². The number of aromatic carboxylic acids is 1. The van der Waals surface area contributed by atoms with E-state index in [0.717, 1.165) is 18.9 Å². The van der Waals surface area contributed by atoms with Crippen molar-refractivity contribution in [2.75, 3.05) is 26.2 Å². The van der Waals surface area contributed by atoms with Gasteiger partial charge in [0.1, 0.15) is 5.82 Å². The van der Waals surface area contributed by atoms with E-state index in [1.165, 1.54) is 19.1 Å². The Hall–Kier alpha value is -2.61. The monoisotopic (exact) mass is 422 g/mol. The van der Waals surface area contributed by atoms with Crippen molar-refractivity contribution in [1.29, 1.82) is 0 Å². The molecule has 30 heavy (non-hydrogen) atoms. The molecule has 1 aliphatic rings. The van der Waals surface area contributed by atoms with Gasteiger partial charge in [-0.3, -0.25) is 4.90 Å². The molecule has 0 saturated carbocycles. The smallest absolute Gasteiger partial charge is 0.338 e. The molecule has 8 heteroatoms. The molecule has 0 radical (unpaired) electrons. The number of carboxylic acid groups (broad SMARTS) is 1. The Balaban J connectivity index is 1.50. The highest BCUT2D eigenvalue weighted by atomic mass is 19.3. The quantitative estimate of drug-likeness (QED) is 0.667. The van der Waals surface area contributed by atoms with Crippen molar-refractivity contribution in [2.45, 2.75) is 32.1 Å². The summed E-state index contributed by atoms with van der Waals surface area (Å²) in [7, 11) is 0. The minimum absolute atomic E-state index is 0.145. The van der Waals surface area contributed by atoms with Gasteiger partial charge in [0.05, 0.1) is 18.7 Å². The lowest BCUT2D eigenvalue weighted by Crippen LogP contribution is -2.42. The first-order valence-corrected chi connectivity index (χ1v) is 9.99. The van der Waals surface area contributed by atoms with Gasteiger partial charge in [-0.2, -0.15) is 0 Å². The summed E-state index contributed by atoms with van der Waals surface area (Å²) in [6.45, 7) is 3.04. The molecule has 0 spiro atoms. The van der Waals surface area contributed by atoms with Gasteiger partial charge >= 0.3 is 5.97 Å². The standard InChI is InChI=1S/C22H25F3N2O3/c1-2-22(24,25)14-27-9-7-15(8-10-27)13-30-20-6-4-17(12-26-20)16-3-5-18(21(28)29)19(23)11-16/h3-6,11-12,15H,2,7-10,13-14H2,1H3,(H,28,29). The number of rotatable bonds is 8. The SMILES string of the molecule is CCC(F)(F)CN1CCC(COc2ccc(-c3ccc(C(=O)O)c(F)c3)cn2)CC1. The minimum Gasteiger partial charge on any atom is -0.478 e. The van der Waals surface area contributed by atoms with Crippen molar-refractivity contribution in [3.05, 3.63) is 47.9 Å². The molecule has 162 valence electrons. The lowest BCUT2D eigenvalue weighted by molar-refractivity contribution is -0.0428. The van der Waals surface area contributed by atoms with Crippen LogP contribution in [0.15, 0.2) is 36.5 Å². The Kier molecular flexibility index (Phi) is 6.97. The number of halogens is 3. The second kappa shape index (κ2) is 9.47. The molecule has 1 saturated heterocycles. The van der Waals surface area contributed by atoms with Crippen LogP contribution >= 0.6 is 0 Å². The van der Waals surface area contributed by atoms with E-state index in [-0.39, 0.29) is 24.4 Å². The largest absolute Gasteiger partial charge is 0.478 e. The van der Waals surface area contributed by atoms with Gasteiger partial charge in [-0.15, -0.1) is 0 Å². The van der Waals surface area contributed by atoms with Gasteiger partial charge in [-0.05, 0) is 55.6 Å². The minimum atomic E-state index is -2.63. The summed E-state index contributed by atoms with van der Waals surface area (Å²) >= 11 is 0. The van der Waals surface area contributed by atoms with Gasteiger partial charge in [0.15, 0.2) is 0 Å². The van der Waals surface area contributed by atoms with Gasteiger partial charge < -0.3 is 9.84 Å². The summed E-state index contributed by atoms with van der Waals surface area (Å²) in [6, 6.07) is 7.32. The fourth-order valence-electron chi connectivity index (χ4n) is 3.46. The molecule has 1 N–H and O–H groups in total. The molecular formula is C22H25F3N2O3. The average Bonchev–Trinajstić information content (AvgIpc) is 2.73. The molecule has 0 atom stereocenters. The van der Waals surface area contributed by atoms with E-state index < -0.39 is 17.7 Å². The molecule has 3 rings (SSSR count). The van der Waals surface area contributed by atoms with Crippen LogP contribution in [0.1, 0.15) is 36.5 Å². The molecule has 5 nitrogen and oxygen atoms in total. The van der Waals surface area contributed by atoms with Crippen molar-refractivity contribution < 1.29 is 27.8 Å². The summed E-state index contributed by atoms with van der Waals surface area (Å²) in [4.78, 5) is 16.9. The summed E-state index contributed by atoms with van der Waals surface area (Å²) in [6.07, 6.45) is 2.99. The third-order valence-electron chi connectivity index (χ3n) is 5.42. The summed E-state index contributed by atoms with van der Waals surface area (Å²) in [5, 5.41) is 8.90. The molecule has 0 aliphatic carbocycles. The van der Waals surface area contributed by atoms with Gasteiger partial charge in [0.2, 0.25) is 5.88 Å². The number of alkyl halides is 2. The summed E-state index contributed by atoms with van der Waals surface area (Å²) < 4.78 is 46.6. The van der Waals surface area contributed by atoms with Crippen molar-refractivity contribution in [2.24, 2.45) is 5.92 Å². The predicted octanol–water partition coefficient (Wildman–Crippen LogP) is 4.72. The number of nitrogens with zero attached hydrogens (tertiary/aromatic N) is 2. The van der Waals surface area contributed by atoms with Crippen LogP contribution in [0.25, 0.3) is 11.1 Å². The highest BCUT2D eigenvalue weighted by Crippen LogP contribution is 2.26. The van der Waals surface area contributed by atoms with Crippen LogP contribution in [0.2, 0.25) is 0 Å². The second-order valence-electron chi connectivity index (χ2n) is 7.62. The highest BCUT2D eigenvalue weighted by molar-refractivity contribution is 5.88. The van der Waals surface area contributed by atoms with Gasteiger partial charge in [0.25, 0.3) is 5.92 Å². The van der Waals surface area contributed by atoms with E-state index in [2.05, 4.69) is 4.98 Å². The fraction of sp³-hybridized carbons (Fsp3) is 0.455. The lowest BCUT2D eigenvalue weighted by Gasteiger charge is -2.33. The Morgan fingerprint density at radius 3 is 2.50 bits per heavy atom. The Bertz CT molecular complexity index is 866. The molecular weight excluding hydrogens is 397 g/mol. The van der Waals surface area contributed by atoms with Crippen LogP contribution in [0.5, 0.6) is 5.88 Å². The van der Waals surface area contributed by atoms with E-state index in [9.17, 15) is 18.0 Å². The van der Waals surface area contributed by atoms with Crippen molar-refractivity contribution in [3.8, 4) is 17.0 Å². The first kappa shape index (κ1) is 22.1. The Morgan fingerprint density at radius 2 is 1.93 bits per heavy atom. The Morgan fingerprint density at radius 1 is 1.23 bits per heavy atom. The fourth-order valence-corrected chi connectivity index (χ4v) is 3.46. The maximum Gasteiger partial charge on any atom is 0.338 e. The molecule has 1 fully saturated rings. The summed E-state index contributed by atoms with van der Waals surface area (Å²) in [5.74, 6) is -4.03. The molecule has 1 aromatic carbocycles. The first-order valence-electron chi connectivity index (χ1n) is 9.99. The lowest BCUT2D eigenvalue weighted by atomic mass is 9.97. The van der Waals surface area contributed by atoms with E-state index in [0.29, 0.717) is 36.7 Å². The number of aromatic nitrogens is 1. The van der Waals surface area contributed by atoms with Gasteiger partial charge in [0, 0.05) is 24.2 Å². The zero-order chi connectivity index (χ0) is 21.7. The number of hydrogen-bond acceptors (Lipinski definition) is 4. The molecule has 1 aromatic heterocycles. The second-order valence-corrected chi connectivity index (χ2v) is 7.62. The third-order valence-corrected chi connectivity index (χ3v) is 5.42. The molecule has 1 aliphatic heterocycles. The van der Waals surface area contributed by atoms with Gasteiger partial charge in [-0.25, -0.2) is 22.9 Å². The number of likely N-dealkylation sites (tertiary alicyclic amines) is 1. The molecule has 2 heterocycles. The van der Waals surface area contributed by atoms with Crippen molar-refractivity contribution in [3.63, 3.8) is 0 Å². The van der Waals surface area contributed by atoms with Crippen LogP contribution in [0.4, 0.5) is 13.2 Å². The van der Waals surface area contributed by atoms with Crippen LogP contribution < -0.4 is 4.74 Å².